The molecule has 1 N–H and O–H groups in total. The second-order valence-corrected chi connectivity index (χ2v) is 7.35. The first-order valence-electron chi connectivity index (χ1n) is 9.73. The van der Waals surface area contributed by atoms with Crippen LogP contribution in [0.15, 0.2) is 18.2 Å². The van der Waals surface area contributed by atoms with Crippen LogP contribution < -0.4 is 5.32 Å². The number of rotatable bonds is 4. The number of aromatic nitrogens is 1. The van der Waals surface area contributed by atoms with Gasteiger partial charge < -0.3 is 10.1 Å². The number of nitrogens with one attached hydrogen (secondary N) is 1. The highest BCUT2D eigenvalue weighted by Crippen LogP contribution is 2.29. The number of morpholine rings is 1. The Balaban J connectivity index is 1.59. The number of ether oxygens (including phenoxy) is 1. The first-order chi connectivity index (χ1) is 12.7. The minimum Gasteiger partial charge on any atom is -0.379 e. The normalized spacial score (nSPS) is 17.9. The van der Waals surface area contributed by atoms with E-state index in [1.807, 2.05) is 6.07 Å². The number of aryl methyl sites for hydroxylation is 2. The fourth-order valence-corrected chi connectivity index (χ4v) is 4.04. The fraction of sp³-hybridized carbons (Fsp3) is 0.524. The van der Waals surface area contributed by atoms with Crippen LogP contribution in [0.5, 0.6) is 0 Å². The zero-order chi connectivity index (χ0) is 17.9. The highest BCUT2D eigenvalue weighted by Gasteiger charge is 2.22. The topological polar surface area (TPSA) is 54.5 Å². The first kappa shape index (κ1) is 17.4. The van der Waals surface area contributed by atoms with E-state index in [9.17, 15) is 4.79 Å². The molecule has 4 rings (SSSR count). The van der Waals surface area contributed by atoms with Gasteiger partial charge >= 0.3 is 0 Å². The molecule has 2 aliphatic rings. The molecule has 138 valence electrons. The Bertz CT molecular complexity index is 812. The predicted molar refractivity (Wildman–Crippen MR) is 103 cm³/mol. The minimum absolute atomic E-state index is 0.0504. The summed E-state index contributed by atoms with van der Waals surface area (Å²) in [5, 5.41) is 4.15. The molecule has 1 aromatic carbocycles. The maximum Gasteiger partial charge on any atom is 0.252 e. The summed E-state index contributed by atoms with van der Waals surface area (Å²) in [4.78, 5) is 20.3. The van der Waals surface area contributed by atoms with Gasteiger partial charge in [0.25, 0.3) is 5.91 Å². The van der Waals surface area contributed by atoms with E-state index in [1.165, 1.54) is 5.56 Å². The van der Waals surface area contributed by atoms with E-state index >= 15 is 0 Å². The molecule has 0 bridgehead atoms. The van der Waals surface area contributed by atoms with Gasteiger partial charge in [-0.25, -0.2) is 0 Å². The first-order valence-corrected chi connectivity index (χ1v) is 9.73. The third-order valence-electron chi connectivity index (χ3n) is 5.46. The molecule has 5 nitrogen and oxygen atoms in total. The molecular formula is C21H27N3O2. The summed E-state index contributed by atoms with van der Waals surface area (Å²) < 4.78 is 5.38. The lowest BCUT2D eigenvalue weighted by Crippen LogP contribution is -2.41. The average Bonchev–Trinajstić information content (AvgIpc) is 2.67. The van der Waals surface area contributed by atoms with Crippen LogP contribution in [0.3, 0.4) is 0 Å². The standard InChI is InChI=1S/C21H27N3O2/c1-15-6-7-19-17(14-15)20(16-4-2-3-5-18(16)23-19)21(25)22-8-9-24-10-12-26-13-11-24/h6-7,14H,2-5,8-13H2,1H3,(H,22,25). The molecule has 1 fully saturated rings. The molecule has 1 saturated heterocycles. The van der Waals surface area contributed by atoms with Crippen LogP contribution in [-0.2, 0) is 17.6 Å². The van der Waals surface area contributed by atoms with Crippen molar-refractivity contribution < 1.29 is 9.53 Å². The molecule has 26 heavy (non-hydrogen) atoms. The highest BCUT2D eigenvalue weighted by atomic mass is 16.5. The molecule has 1 aliphatic carbocycles. The molecule has 1 amide bonds. The lowest BCUT2D eigenvalue weighted by atomic mass is 9.89. The van der Waals surface area contributed by atoms with E-state index in [2.05, 4.69) is 29.3 Å². The number of benzene rings is 1. The monoisotopic (exact) mass is 353 g/mol. The summed E-state index contributed by atoms with van der Waals surface area (Å²) in [5.74, 6) is 0.0504. The molecule has 0 saturated carbocycles. The van der Waals surface area contributed by atoms with Crippen LogP contribution in [0.4, 0.5) is 0 Å². The summed E-state index contributed by atoms with van der Waals surface area (Å²) >= 11 is 0. The molecule has 0 atom stereocenters. The van der Waals surface area contributed by atoms with Crippen LogP contribution >= 0.6 is 0 Å². The largest absolute Gasteiger partial charge is 0.379 e. The van der Waals surface area contributed by atoms with E-state index in [-0.39, 0.29) is 5.91 Å². The van der Waals surface area contributed by atoms with Gasteiger partial charge in [0.1, 0.15) is 0 Å². The van der Waals surface area contributed by atoms with E-state index < -0.39 is 0 Å². The Kier molecular flexibility index (Phi) is 5.18. The number of fused-ring (bicyclic) bond motifs is 2. The second-order valence-electron chi connectivity index (χ2n) is 7.35. The van der Waals surface area contributed by atoms with Gasteiger partial charge in [-0.3, -0.25) is 14.7 Å². The lowest BCUT2D eigenvalue weighted by Gasteiger charge is -2.26. The van der Waals surface area contributed by atoms with Crippen molar-refractivity contribution in [1.82, 2.24) is 15.2 Å². The van der Waals surface area contributed by atoms with Gasteiger partial charge in [0, 0.05) is 37.3 Å². The van der Waals surface area contributed by atoms with Crippen molar-refractivity contribution in [2.24, 2.45) is 0 Å². The molecule has 0 radical (unpaired) electrons. The number of carbonyl (C=O) groups excluding carboxylic acids is 1. The molecule has 5 heteroatoms. The maximum atomic E-state index is 13.1. The Hall–Kier alpha value is -1.98. The van der Waals surface area contributed by atoms with Crippen molar-refractivity contribution in [3.63, 3.8) is 0 Å². The van der Waals surface area contributed by atoms with Crippen molar-refractivity contribution in [3.05, 3.63) is 40.6 Å². The van der Waals surface area contributed by atoms with Gasteiger partial charge in [0.05, 0.1) is 24.3 Å². The number of pyridine rings is 1. The maximum absolute atomic E-state index is 13.1. The quantitative estimate of drug-likeness (QED) is 0.918. The summed E-state index contributed by atoms with van der Waals surface area (Å²) in [7, 11) is 0. The van der Waals surface area contributed by atoms with Gasteiger partial charge in [-0.05, 0) is 50.3 Å². The fourth-order valence-electron chi connectivity index (χ4n) is 4.04. The van der Waals surface area contributed by atoms with Gasteiger partial charge in [0.2, 0.25) is 0 Å². The van der Waals surface area contributed by atoms with E-state index in [0.717, 1.165) is 86.3 Å². The van der Waals surface area contributed by atoms with Gasteiger partial charge in [-0.2, -0.15) is 0 Å². The molecule has 0 spiro atoms. The highest BCUT2D eigenvalue weighted by molar-refractivity contribution is 6.08. The van der Waals surface area contributed by atoms with E-state index in [0.29, 0.717) is 6.54 Å². The minimum atomic E-state index is 0.0504. The van der Waals surface area contributed by atoms with Crippen LogP contribution in [0, 0.1) is 6.92 Å². The molecule has 0 unspecified atom stereocenters. The second kappa shape index (κ2) is 7.72. The number of hydrogen-bond acceptors (Lipinski definition) is 4. The van der Waals surface area contributed by atoms with Crippen LogP contribution in [0.2, 0.25) is 0 Å². The number of nitrogens with zero attached hydrogens (tertiary/aromatic N) is 2. The zero-order valence-corrected chi connectivity index (χ0v) is 15.5. The van der Waals surface area contributed by atoms with Crippen molar-refractivity contribution in [2.75, 3.05) is 39.4 Å². The molecule has 1 aromatic heterocycles. The summed E-state index contributed by atoms with van der Waals surface area (Å²) in [5.41, 5.74) is 5.24. The van der Waals surface area contributed by atoms with E-state index in [4.69, 9.17) is 9.72 Å². The third kappa shape index (κ3) is 3.60. The SMILES string of the molecule is Cc1ccc2nc3c(c(C(=O)NCCN4CCOCC4)c2c1)CCCC3. The Labute approximate surface area is 154 Å². The Morgan fingerprint density at radius 3 is 2.88 bits per heavy atom. The van der Waals surface area contributed by atoms with Crippen LogP contribution in [0.25, 0.3) is 10.9 Å². The average molecular weight is 353 g/mol. The Morgan fingerprint density at radius 1 is 1.23 bits per heavy atom. The summed E-state index contributed by atoms with van der Waals surface area (Å²) in [6.07, 6.45) is 4.24. The predicted octanol–water partition coefficient (Wildman–Crippen LogP) is 2.48. The lowest BCUT2D eigenvalue weighted by molar-refractivity contribution is 0.0383. The van der Waals surface area contributed by atoms with Crippen molar-refractivity contribution >= 4 is 16.8 Å². The number of hydrogen-bond donors (Lipinski definition) is 1. The van der Waals surface area contributed by atoms with Gasteiger partial charge in [0.15, 0.2) is 0 Å². The number of carbonyl (C=O) groups is 1. The van der Waals surface area contributed by atoms with Crippen molar-refractivity contribution in [2.45, 2.75) is 32.6 Å². The van der Waals surface area contributed by atoms with Crippen molar-refractivity contribution in [1.29, 1.82) is 0 Å². The summed E-state index contributed by atoms with van der Waals surface area (Å²) in [6, 6.07) is 6.23. The molecular weight excluding hydrogens is 326 g/mol. The summed E-state index contributed by atoms with van der Waals surface area (Å²) in [6.45, 7) is 7.08. The van der Waals surface area contributed by atoms with Gasteiger partial charge in [-0.1, -0.05) is 11.6 Å². The zero-order valence-electron chi connectivity index (χ0n) is 15.5. The Morgan fingerprint density at radius 2 is 2.04 bits per heavy atom. The van der Waals surface area contributed by atoms with E-state index in [1.54, 1.807) is 0 Å². The number of amides is 1. The van der Waals surface area contributed by atoms with Crippen LogP contribution in [0.1, 0.15) is 40.0 Å². The van der Waals surface area contributed by atoms with Gasteiger partial charge in [-0.15, -0.1) is 0 Å². The molecule has 2 heterocycles. The van der Waals surface area contributed by atoms with Crippen molar-refractivity contribution in [3.8, 4) is 0 Å². The third-order valence-corrected chi connectivity index (χ3v) is 5.46. The molecule has 1 aliphatic heterocycles. The molecule has 2 aromatic rings. The van der Waals surface area contributed by atoms with Crippen LogP contribution in [-0.4, -0.2) is 55.2 Å². The smallest absolute Gasteiger partial charge is 0.252 e.